The van der Waals surface area contributed by atoms with E-state index in [1.165, 1.54) is 10.1 Å². The quantitative estimate of drug-likeness (QED) is 0.693. The number of fused-ring (bicyclic) bond motifs is 1. The van der Waals surface area contributed by atoms with Crippen LogP contribution in [-0.4, -0.2) is 5.78 Å². The first-order valence-electron chi connectivity index (χ1n) is 4.81. The molecule has 14 heavy (non-hydrogen) atoms. The van der Waals surface area contributed by atoms with Crippen molar-refractivity contribution in [1.29, 1.82) is 0 Å². The maximum atomic E-state index is 11.6. The van der Waals surface area contributed by atoms with Gasteiger partial charge in [0.25, 0.3) is 0 Å². The molecule has 0 saturated heterocycles. The standard InChI is InChI=1S/C12H12OS/c1-2-3-11(13)10-5-4-9-6-7-14-12(9)8-10/h4-8H,2-3H2,1H3. The van der Waals surface area contributed by atoms with Gasteiger partial charge < -0.3 is 0 Å². The Balaban J connectivity index is 2.38. The third-order valence-electron chi connectivity index (χ3n) is 2.26. The van der Waals surface area contributed by atoms with E-state index in [9.17, 15) is 4.79 Å². The van der Waals surface area contributed by atoms with Crippen molar-refractivity contribution < 1.29 is 4.79 Å². The molecule has 0 fully saturated rings. The number of carbonyl (C=O) groups is 1. The molecule has 0 unspecified atom stereocenters. The van der Waals surface area contributed by atoms with Gasteiger partial charge in [0.2, 0.25) is 0 Å². The van der Waals surface area contributed by atoms with E-state index >= 15 is 0 Å². The fourth-order valence-electron chi connectivity index (χ4n) is 1.50. The van der Waals surface area contributed by atoms with Crippen LogP contribution in [0.5, 0.6) is 0 Å². The summed E-state index contributed by atoms with van der Waals surface area (Å²) in [5.41, 5.74) is 0.849. The molecular weight excluding hydrogens is 192 g/mol. The van der Waals surface area contributed by atoms with Gasteiger partial charge in [0, 0.05) is 16.7 Å². The van der Waals surface area contributed by atoms with Gasteiger partial charge in [0.1, 0.15) is 0 Å². The maximum Gasteiger partial charge on any atom is 0.162 e. The van der Waals surface area contributed by atoms with Crippen LogP contribution in [0, 0.1) is 0 Å². The van der Waals surface area contributed by atoms with Gasteiger partial charge in [0.15, 0.2) is 5.78 Å². The van der Waals surface area contributed by atoms with Crippen LogP contribution in [0.3, 0.4) is 0 Å². The number of benzene rings is 1. The lowest BCUT2D eigenvalue weighted by atomic mass is 10.1. The molecule has 1 aromatic heterocycles. The van der Waals surface area contributed by atoms with Crippen LogP contribution in [-0.2, 0) is 0 Å². The molecule has 2 rings (SSSR count). The largest absolute Gasteiger partial charge is 0.294 e. The van der Waals surface area contributed by atoms with Crippen molar-refractivity contribution in [3.8, 4) is 0 Å². The molecule has 0 atom stereocenters. The highest BCUT2D eigenvalue weighted by Gasteiger charge is 2.05. The summed E-state index contributed by atoms with van der Waals surface area (Å²) in [6.45, 7) is 2.03. The minimum atomic E-state index is 0.253. The van der Waals surface area contributed by atoms with Gasteiger partial charge in [-0.2, -0.15) is 0 Å². The highest BCUT2D eigenvalue weighted by atomic mass is 32.1. The molecule has 0 aliphatic heterocycles. The highest BCUT2D eigenvalue weighted by molar-refractivity contribution is 7.17. The number of Topliss-reactive ketones (excluding diaryl/α,β-unsaturated/α-hetero) is 1. The van der Waals surface area contributed by atoms with Gasteiger partial charge >= 0.3 is 0 Å². The first-order valence-corrected chi connectivity index (χ1v) is 5.69. The summed E-state index contributed by atoms with van der Waals surface area (Å²) in [7, 11) is 0. The normalized spacial score (nSPS) is 10.6. The Morgan fingerprint density at radius 1 is 1.36 bits per heavy atom. The van der Waals surface area contributed by atoms with E-state index in [2.05, 4.69) is 11.4 Å². The van der Waals surface area contributed by atoms with Crippen molar-refractivity contribution >= 4 is 27.2 Å². The van der Waals surface area contributed by atoms with Crippen LogP contribution in [0.15, 0.2) is 29.6 Å². The summed E-state index contributed by atoms with van der Waals surface area (Å²) >= 11 is 1.68. The lowest BCUT2D eigenvalue weighted by molar-refractivity contribution is 0.0982. The summed E-state index contributed by atoms with van der Waals surface area (Å²) in [6, 6.07) is 8.02. The molecular formula is C12H12OS. The molecule has 0 radical (unpaired) electrons. The highest BCUT2D eigenvalue weighted by Crippen LogP contribution is 2.22. The predicted octanol–water partition coefficient (Wildman–Crippen LogP) is 3.88. The monoisotopic (exact) mass is 204 g/mol. The molecule has 1 aromatic carbocycles. The Morgan fingerprint density at radius 3 is 3.00 bits per heavy atom. The number of carbonyl (C=O) groups excluding carboxylic acids is 1. The first kappa shape index (κ1) is 9.41. The molecule has 2 aromatic rings. The minimum Gasteiger partial charge on any atom is -0.294 e. The van der Waals surface area contributed by atoms with E-state index in [1.54, 1.807) is 11.3 Å². The minimum absolute atomic E-state index is 0.253. The van der Waals surface area contributed by atoms with E-state index in [1.807, 2.05) is 25.1 Å². The average molecular weight is 204 g/mol. The van der Waals surface area contributed by atoms with Crippen molar-refractivity contribution in [2.45, 2.75) is 19.8 Å². The van der Waals surface area contributed by atoms with Gasteiger partial charge in [-0.05, 0) is 29.3 Å². The molecule has 0 N–H and O–H groups in total. The van der Waals surface area contributed by atoms with E-state index < -0.39 is 0 Å². The molecule has 0 aliphatic rings. The zero-order chi connectivity index (χ0) is 9.97. The Labute approximate surface area is 87.4 Å². The fraction of sp³-hybridized carbons (Fsp3) is 0.250. The lowest BCUT2D eigenvalue weighted by Crippen LogP contribution is -1.96. The molecule has 0 aliphatic carbocycles. The zero-order valence-electron chi connectivity index (χ0n) is 8.12. The predicted molar refractivity (Wildman–Crippen MR) is 61.1 cm³/mol. The van der Waals surface area contributed by atoms with Crippen molar-refractivity contribution in [2.24, 2.45) is 0 Å². The van der Waals surface area contributed by atoms with Crippen LogP contribution in [0.2, 0.25) is 0 Å². The summed E-state index contributed by atoms with van der Waals surface area (Å²) in [4.78, 5) is 11.6. The smallest absolute Gasteiger partial charge is 0.162 e. The second-order valence-electron chi connectivity index (χ2n) is 3.35. The van der Waals surface area contributed by atoms with Gasteiger partial charge in [-0.3, -0.25) is 4.79 Å². The van der Waals surface area contributed by atoms with Gasteiger partial charge in [-0.15, -0.1) is 11.3 Å². The van der Waals surface area contributed by atoms with Gasteiger partial charge in [-0.1, -0.05) is 19.1 Å². The lowest BCUT2D eigenvalue weighted by Gasteiger charge is -1.98. The third kappa shape index (κ3) is 1.70. The van der Waals surface area contributed by atoms with Crippen LogP contribution >= 0.6 is 11.3 Å². The molecule has 0 spiro atoms. The number of rotatable bonds is 3. The Bertz CT molecular complexity index is 456. The molecule has 0 saturated carbocycles. The van der Waals surface area contributed by atoms with Crippen molar-refractivity contribution in [3.05, 3.63) is 35.2 Å². The second kappa shape index (κ2) is 3.93. The Hall–Kier alpha value is -1.15. The van der Waals surface area contributed by atoms with Gasteiger partial charge in [0.05, 0.1) is 0 Å². The number of thiophene rings is 1. The summed E-state index contributed by atoms with van der Waals surface area (Å²) < 4.78 is 1.20. The first-order chi connectivity index (χ1) is 6.81. The molecule has 1 nitrogen and oxygen atoms in total. The summed E-state index contributed by atoms with van der Waals surface area (Å²) in [5.74, 6) is 0.253. The van der Waals surface area contributed by atoms with Crippen LogP contribution in [0.1, 0.15) is 30.1 Å². The summed E-state index contributed by atoms with van der Waals surface area (Å²) in [5, 5.41) is 3.28. The molecule has 0 amide bonds. The van der Waals surface area contributed by atoms with E-state index in [-0.39, 0.29) is 5.78 Å². The SMILES string of the molecule is CCCC(=O)c1ccc2ccsc2c1. The van der Waals surface area contributed by atoms with Gasteiger partial charge in [-0.25, -0.2) is 0 Å². The second-order valence-corrected chi connectivity index (χ2v) is 4.29. The van der Waals surface area contributed by atoms with E-state index in [0.29, 0.717) is 6.42 Å². The molecule has 2 heteroatoms. The topological polar surface area (TPSA) is 17.1 Å². The van der Waals surface area contributed by atoms with E-state index in [0.717, 1.165) is 12.0 Å². The Kier molecular flexibility index (Phi) is 2.64. The molecule has 1 heterocycles. The van der Waals surface area contributed by atoms with Crippen molar-refractivity contribution in [2.75, 3.05) is 0 Å². The van der Waals surface area contributed by atoms with Crippen molar-refractivity contribution in [1.82, 2.24) is 0 Å². The number of hydrogen-bond acceptors (Lipinski definition) is 2. The third-order valence-corrected chi connectivity index (χ3v) is 3.13. The summed E-state index contributed by atoms with van der Waals surface area (Å²) in [6.07, 6.45) is 1.57. The van der Waals surface area contributed by atoms with Crippen LogP contribution in [0.4, 0.5) is 0 Å². The van der Waals surface area contributed by atoms with Crippen LogP contribution < -0.4 is 0 Å². The number of ketones is 1. The van der Waals surface area contributed by atoms with Crippen LogP contribution in [0.25, 0.3) is 10.1 Å². The maximum absolute atomic E-state index is 11.6. The molecule has 72 valence electrons. The number of hydrogen-bond donors (Lipinski definition) is 0. The molecule has 0 bridgehead atoms. The Morgan fingerprint density at radius 2 is 2.21 bits per heavy atom. The fourth-order valence-corrected chi connectivity index (χ4v) is 2.33. The zero-order valence-corrected chi connectivity index (χ0v) is 8.93. The average Bonchev–Trinajstić information content (AvgIpc) is 2.64. The van der Waals surface area contributed by atoms with Crippen molar-refractivity contribution in [3.63, 3.8) is 0 Å². The van der Waals surface area contributed by atoms with E-state index in [4.69, 9.17) is 0 Å².